The van der Waals surface area contributed by atoms with E-state index in [1.807, 2.05) is 12.3 Å². The molecular formula is C13H19N3O2. The van der Waals surface area contributed by atoms with E-state index in [1.165, 1.54) is 0 Å². The van der Waals surface area contributed by atoms with Crippen molar-refractivity contribution in [1.29, 1.82) is 0 Å². The fraction of sp³-hybridized carbons (Fsp3) is 0.462. The highest BCUT2D eigenvalue weighted by molar-refractivity contribution is 5.48. The highest BCUT2D eigenvalue weighted by Crippen LogP contribution is 2.23. The molecule has 0 unspecified atom stereocenters. The summed E-state index contributed by atoms with van der Waals surface area (Å²) in [5.41, 5.74) is 1.93. The van der Waals surface area contributed by atoms with E-state index < -0.39 is 0 Å². The third kappa shape index (κ3) is 2.50. The Morgan fingerprint density at radius 1 is 1.44 bits per heavy atom. The zero-order valence-electron chi connectivity index (χ0n) is 10.7. The molecule has 0 saturated carbocycles. The first kappa shape index (κ1) is 12.5. The zero-order valence-corrected chi connectivity index (χ0v) is 10.7. The molecule has 0 spiro atoms. The molecule has 1 amide bonds. The molecular weight excluding hydrogens is 230 g/mol. The van der Waals surface area contributed by atoms with Crippen LogP contribution in [0.15, 0.2) is 35.9 Å². The van der Waals surface area contributed by atoms with Gasteiger partial charge < -0.3 is 19.9 Å². The molecule has 0 radical (unpaired) electrons. The first-order valence-corrected chi connectivity index (χ1v) is 6.08. The molecule has 0 aromatic carbocycles. The van der Waals surface area contributed by atoms with Gasteiger partial charge in [0.15, 0.2) is 0 Å². The number of nitrogens with zero attached hydrogens (tertiary/aromatic N) is 2. The molecule has 1 fully saturated rings. The third-order valence-electron chi connectivity index (χ3n) is 3.29. The number of ether oxygens (including phenoxy) is 1. The van der Waals surface area contributed by atoms with Crippen LogP contribution in [0.3, 0.4) is 0 Å². The Morgan fingerprint density at radius 3 is 2.78 bits per heavy atom. The van der Waals surface area contributed by atoms with Gasteiger partial charge in [-0.1, -0.05) is 6.58 Å². The number of carbonyl (C=O) groups is 1. The lowest BCUT2D eigenvalue weighted by Gasteiger charge is -2.36. The number of dihydropyridines is 1. The van der Waals surface area contributed by atoms with Gasteiger partial charge in [0, 0.05) is 44.6 Å². The average molecular weight is 249 g/mol. The molecule has 98 valence electrons. The minimum Gasteiger partial charge on any atom is -0.496 e. The van der Waals surface area contributed by atoms with E-state index in [2.05, 4.69) is 16.8 Å². The molecule has 2 aliphatic rings. The second-order valence-corrected chi connectivity index (χ2v) is 4.31. The van der Waals surface area contributed by atoms with E-state index in [-0.39, 0.29) is 0 Å². The van der Waals surface area contributed by atoms with Crippen LogP contribution in [0, 0.1) is 0 Å². The second kappa shape index (κ2) is 5.62. The van der Waals surface area contributed by atoms with E-state index in [1.54, 1.807) is 12.0 Å². The van der Waals surface area contributed by atoms with Crippen LogP contribution in [-0.4, -0.2) is 56.0 Å². The molecule has 18 heavy (non-hydrogen) atoms. The molecule has 1 saturated heterocycles. The van der Waals surface area contributed by atoms with E-state index in [4.69, 9.17) is 4.74 Å². The summed E-state index contributed by atoms with van der Waals surface area (Å²) in [6.45, 7) is 8.03. The maximum Gasteiger partial charge on any atom is 0.209 e. The lowest BCUT2D eigenvalue weighted by atomic mass is 10.1. The number of hydrogen-bond donors (Lipinski definition) is 1. The molecule has 1 N–H and O–H groups in total. The summed E-state index contributed by atoms with van der Waals surface area (Å²) < 4.78 is 5.36. The van der Waals surface area contributed by atoms with Gasteiger partial charge in [0.1, 0.15) is 5.76 Å². The Kier molecular flexibility index (Phi) is 3.92. The minimum absolute atomic E-state index is 0.745. The predicted molar refractivity (Wildman–Crippen MR) is 69.5 cm³/mol. The normalized spacial score (nSPS) is 19.6. The van der Waals surface area contributed by atoms with Crippen LogP contribution in [-0.2, 0) is 9.53 Å². The van der Waals surface area contributed by atoms with Gasteiger partial charge in [0.2, 0.25) is 6.41 Å². The number of carbonyl (C=O) groups excluding carboxylic acids is 1. The largest absolute Gasteiger partial charge is 0.496 e. The Balaban J connectivity index is 2.01. The Bertz CT molecular complexity index is 393. The fourth-order valence-corrected chi connectivity index (χ4v) is 2.18. The third-order valence-corrected chi connectivity index (χ3v) is 3.29. The maximum absolute atomic E-state index is 10.7. The van der Waals surface area contributed by atoms with Crippen molar-refractivity contribution in [3.63, 3.8) is 0 Å². The number of rotatable bonds is 4. The van der Waals surface area contributed by atoms with Crippen molar-refractivity contribution >= 4 is 6.41 Å². The molecule has 2 aliphatic heterocycles. The van der Waals surface area contributed by atoms with Gasteiger partial charge in [-0.25, -0.2) is 0 Å². The van der Waals surface area contributed by atoms with Crippen LogP contribution in [0.25, 0.3) is 0 Å². The number of amides is 1. The molecule has 0 aliphatic carbocycles. The monoisotopic (exact) mass is 249 g/mol. The number of piperazine rings is 1. The molecule has 2 heterocycles. The first-order valence-electron chi connectivity index (χ1n) is 6.08. The van der Waals surface area contributed by atoms with Crippen molar-refractivity contribution in [1.82, 2.24) is 15.1 Å². The van der Waals surface area contributed by atoms with Crippen molar-refractivity contribution in [3.05, 3.63) is 35.9 Å². The van der Waals surface area contributed by atoms with Crippen molar-refractivity contribution in [2.24, 2.45) is 0 Å². The topological polar surface area (TPSA) is 44.8 Å². The Hall–Kier alpha value is -1.91. The van der Waals surface area contributed by atoms with Gasteiger partial charge in [0.05, 0.1) is 12.7 Å². The molecule has 0 aromatic heterocycles. The van der Waals surface area contributed by atoms with Crippen molar-refractivity contribution < 1.29 is 9.53 Å². The van der Waals surface area contributed by atoms with Crippen LogP contribution in [0.2, 0.25) is 0 Å². The summed E-state index contributed by atoms with van der Waals surface area (Å²) in [4.78, 5) is 14.6. The molecule has 5 nitrogen and oxygen atoms in total. The van der Waals surface area contributed by atoms with Gasteiger partial charge in [0.25, 0.3) is 0 Å². The highest BCUT2D eigenvalue weighted by Gasteiger charge is 2.21. The maximum atomic E-state index is 10.7. The van der Waals surface area contributed by atoms with E-state index >= 15 is 0 Å². The highest BCUT2D eigenvalue weighted by atomic mass is 16.5. The summed E-state index contributed by atoms with van der Waals surface area (Å²) in [7, 11) is 1.67. The lowest BCUT2D eigenvalue weighted by Crippen LogP contribution is -2.45. The minimum atomic E-state index is 0.745. The van der Waals surface area contributed by atoms with Crippen LogP contribution in [0.4, 0.5) is 0 Å². The fourth-order valence-electron chi connectivity index (χ4n) is 2.18. The predicted octanol–water partition coefficient (Wildman–Crippen LogP) is 0.291. The number of nitrogens with one attached hydrogen (secondary N) is 1. The van der Waals surface area contributed by atoms with Crippen molar-refractivity contribution in [2.45, 2.75) is 0 Å². The number of hydrogen-bond acceptors (Lipinski definition) is 4. The van der Waals surface area contributed by atoms with E-state index in [0.717, 1.165) is 56.2 Å². The SMILES string of the molecule is C=C(C1=CNCC=C1OC)N1CCN(C=O)CC1. The van der Waals surface area contributed by atoms with Crippen molar-refractivity contribution in [2.75, 3.05) is 39.8 Å². The molecule has 2 rings (SSSR count). The molecule has 0 aromatic rings. The molecule has 0 bridgehead atoms. The summed E-state index contributed by atoms with van der Waals surface area (Å²) in [5, 5.41) is 3.17. The van der Waals surface area contributed by atoms with Crippen LogP contribution < -0.4 is 5.32 Å². The van der Waals surface area contributed by atoms with E-state index in [9.17, 15) is 4.79 Å². The van der Waals surface area contributed by atoms with Crippen LogP contribution in [0.1, 0.15) is 0 Å². The van der Waals surface area contributed by atoms with Gasteiger partial charge >= 0.3 is 0 Å². The Morgan fingerprint density at radius 2 is 2.17 bits per heavy atom. The van der Waals surface area contributed by atoms with Gasteiger partial charge in [-0.2, -0.15) is 0 Å². The van der Waals surface area contributed by atoms with Gasteiger partial charge in [-0.05, 0) is 6.08 Å². The summed E-state index contributed by atoms with van der Waals surface area (Å²) >= 11 is 0. The zero-order chi connectivity index (χ0) is 13.0. The average Bonchev–Trinajstić information content (AvgIpc) is 2.46. The summed E-state index contributed by atoms with van der Waals surface area (Å²) in [6.07, 6.45) is 4.84. The van der Waals surface area contributed by atoms with Crippen molar-refractivity contribution in [3.8, 4) is 0 Å². The smallest absolute Gasteiger partial charge is 0.209 e. The number of methoxy groups -OCH3 is 1. The second-order valence-electron chi connectivity index (χ2n) is 4.31. The summed E-state index contributed by atoms with van der Waals surface area (Å²) in [5.74, 6) is 0.858. The molecule has 5 heteroatoms. The van der Waals surface area contributed by atoms with Gasteiger partial charge in [-0.3, -0.25) is 4.79 Å². The lowest BCUT2D eigenvalue weighted by molar-refractivity contribution is -0.119. The first-order chi connectivity index (χ1) is 8.76. The van der Waals surface area contributed by atoms with Crippen LogP contribution >= 0.6 is 0 Å². The van der Waals surface area contributed by atoms with Crippen LogP contribution in [0.5, 0.6) is 0 Å². The standard InChI is InChI=1S/C13H19N3O2/c1-11(12-9-14-4-3-13(12)18-2)16-7-5-15(10-17)6-8-16/h3,9-10,14H,1,4-8H2,2H3. The summed E-state index contributed by atoms with van der Waals surface area (Å²) in [6, 6.07) is 0. The van der Waals surface area contributed by atoms with E-state index in [0.29, 0.717) is 0 Å². The molecule has 0 atom stereocenters. The quantitative estimate of drug-likeness (QED) is 0.728. The van der Waals surface area contributed by atoms with Gasteiger partial charge in [-0.15, -0.1) is 0 Å². The Labute approximate surface area is 107 Å².